The highest BCUT2D eigenvalue weighted by Gasteiger charge is 2.26. The van der Waals surface area contributed by atoms with E-state index in [9.17, 15) is 19.7 Å². The third-order valence-corrected chi connectivity index (χ3v) is 5.72. The lowest BCUT2D eigenvalue weighted by atomic mass is 10.1. The van der Waals surface area contributed by atoms with Crippen LogP contribution in [0.4, 0.5) is 10.8 Å². The van der Waals surface area contributed by atoms with Gasteiger partial charge < -0.3 is 4.74 Å². The number of non-ortho nitro benzene ring substituents is 1. The van der Waals surface area contributed by atoms with Gasteiger partial charge in [-0.15, -0.1) is 0 Å². The fourth-order valence-corrected chi connectivity index (χ4v) is 3.98. The van der Waals surface area contributed by atoms with Gasteiger partial charge in [-0.3, -0.25) is 19.8 Å². The molecule has 3 aromatic rings. The number of nitro benzene ring substituents is 1. The number of ether oxygens (including phenoxy) is 1. The van der Waals surface area contributed by atoms with Crippen molar-refractivity contribution in [1.82, 2.24) is 4.98 Å². The lowest BCUT2D eigenvalue weighted by Gasteiger charge is -2.21. The second kappa shape index (κ2) is 9.48. The van der Waals surface area contributed by atoms with Gasteiger partial charge in [0, 0.05) is 17.7 Å². The summed E-state index contributed by atoms with van der Waals surface area (Å²) in [5.74, 6) is -0.845. The molecular formula is C22H21N3O5S. The predicted molar refractivity (Wildman–Crippen MR) is 118 cm³/mol. The summed E-state index contributed by atoms with van der Waals surface area (Å²) in [5, 5.41) is 11.4. The Kier molecular flexibility index (Phi) is 6.76. The fraction of sp³-hybridized carbons (Fsp3) is 0.227. The zero-order chi connectivity index (χ0) is 22.5. The first-order valence-corrected chi connectivity index (χ1v) is 10.4. The van der Waals surface area contributed by atoms with E-state index in [1.54, 1.807) is 20.8 Å². The summed E-state index contributed by atoms with van der Waals surface area (Å²) in [7, 11) is 0. The van der Waals surface area contributed by atoms with Gasteiger partial charge in [0.2, 0.25) is 0 Å². The van der Waals surface area contributed by atoms with Crippen LogP contribution in [0.25, 0.3) is 0 Å². The average Bonchev–Trinajstić information content (AvgIpc) is 3.13. The summed E-state index contributed by atoms with van der Waals surface area (Å²) in [5.41, 5.74) is 2.08. The number of amides is 1. The molecular weight excluding hydrogens is 418 g/mol. The Labute approximate surface area is 183 Å². The van der Waals surface area contributed by atoms with Crippen LogP contribution in [0.15, 0.2) is 48.5 Å². The van der Waals surface area contributed by atoms with Gasteiger partial charge in [0.15, 0.2) is 5.13 Å². The molecule has 0 unspecified atom stereocenters. The number of benzene rings is 2. The zero-order valence-electron chi connectivity index (χ0n) is 17.3. The van der Waals surface area contributed by atoms with Crippen LogP contribution >= 0.6 is 11.3 Å². The van der Waals surface area contributed by atoms with Gasteiger partial charge in [0.05, 0.1) is 23.8 Å². The third-order valence-electron chi connectivity index (χ3n) is 4.56. The quantitative estimate of drug-likeness (QED) is 0.301. The van der Waals surface area contributed by atoms with Crippen LogP contribution in [0.3, 0.4) is 0 Å². The van der Waals surface area contributed by atoms with Crippen molar-refractivity contribution in [2.24, 2.45) is 0 Å². The molecule has 0 spiro atoms. The monoisotopic (exact) mass is 439 g/mol. The molecule has 0 radical (unpaired) electrons. The highest BCUT2D eigenvalue weighted by atomic mass is 32.1. The number of nitrogens with zero attached hydrogens (tertiary/aromatic N) is 3. The minimum atomic E-state index is -0.501. The summed E-state index contributed by atoms with van der Waals surface area (Å²) < 4.78 is 5.08. The van der Waals surface area contributed by atoms with E-state index in [1.807, 2.05) is 30.3 Å². The molecule has 1 amide bonds. The summed E-state index contributed by atoms with van der Waals surface area (Å²) in [4.78, 5) is 42.5. The Morgan fingerprint density at radius 2 is 1.87 bits per heavy atom. The zero-order valence-corrected chi connectivity index (χ0v) is 18.1. The van der Waals surface area contributed by atoms with E-state index in [-0.39, 0.29) is 24.7 Å². The van der Waals surface area contributed by atoms with E-state index in [4.69, 9.17) is 4.74 Å². The highest BCUT2D eigenvalue weighted by Crippen LogP contribution is 2.30. The lowest BCUT2D eigenvalue weighted by molar-refractivity contribution is -0.384. The standard InChI is InChI=1S/C22H21N3O5S/c1-4-30-21(27)19-15(3)23-22(31-19)24(13-16-8-6-5-7-9-16)20(26)18-11-10-17(25(28)29)12-14(18)2/h5-12H,4,13H2,1-3H3. The number of carbonyl (C=O) groups excluding carboxylic acids is 2. The lowest BCUT2D eigenvalue weighted by Crippen LogP contribution is -2.31. The van der Waals surface area contributed by atoms with E-state index in [1.165, 1.54) is 23.1 Å². The molecule has 0 aliphatic heterocycles. The summed E-state index contributed by atoms with van der Waals surface area (Å²) in [6, 6.07) is 13.5. The Hall–Kier alpha value is -3.59. The van der Waals surface area contributed by atoms with Gasteiger partial charge in [-0.25, -0.2) is 9.78 Å². The molecule has 8 nitrogen and oxygen atoms in total. The second-order valence-electron chi connectivity index (χ2n) is 6.76. The van der Waals surface area contributed by atoms with Gasteiger partial charge in [0.25, 0.3) is 11.6 Å². The van der Waals surface area contributed by atoms with Crippen LogP contribution < -0.4 is 4.90 Å². The minimum Gasteiger partial charge on any atom is -0.462 e. The molecule has 1 aromatic heterocycles. The van der Waals surface area contributed by atoms with Crippen molar-refractivity contribution in [1.29, 1.82) is 0 Å². The molecule has 0 saturated carbocycles. The van der Waals surface area contributed by atoms with E-state index in [0.717, 1.165) is 16.9 Å². The normalized spacial score (nSPS) is 10.5. The molecule has 1 heterocycles. The molecule has 9 heteroatoms. The molecule has 31 heavy (non-hydrogen) atoms. The van der Waals surface area contributed by atoms with Crippen LogP contribution in [0.2, 0.25) is 0 Å². The number of nitro groups is 1. The first-order valence-electron chi connectivity index (χ1n) is 9.57. The number of hydrogen-bond acceptors (Lipinski definition) is 7. The van der Waals surface area contributed by atoms with Gasteiger partial charge in [-0.05, 0) is 38.0 Å². The van der Waals surface area contributed by atoms with Gasteiger partial charge in [-0.1, -0.05) is 41.7 Å². The first kappa shape index (κ1) is 22.1. The van der Waals surface area contributed by atoms with Crippen LogP contribution in [0.5, 0.6) is 0 Å². The summed E-state index contributed by atoms with van der Waals surface area (Å²) in [6.07, 6.45) is 0. The van der Waals surface area contributed by atoms with E-state index >= 15 is 0 Å². The molecule has 0 aliphatic carbocycles. The number of esters is 1. The van der Waals surface area contributed by atoms with Crippen LogP contribution in [0.1, 0.15) is 43.8 Å². The van der Waals surface area contributed by atoms with E-state index < -0.39 is 10.9 Å². The molecule has 160 valence electrons. The predicted octanol–water partition coefficient (Wildman–Crippen LogP) is 4.69. The maximum Gasteiger partial charge on any atom is 0.350 e. The SMILES string of the molecule is CCOC(=O)c1sc(N(Cc2ccccc2)C(=O)c2ccc([N+](=O)[O-])cc2C)nc1C. The molecule has 0 atom stereocenters. The molecule has 0 fully saturated rings. The molecule has 0 N–H and O–H groups in total. The number of carbonyl (C=O) groups is 2. The van der Waals surface area contributed by atoms with Crippen LogP contribution in [-0.4, -0.2) is 28.4 Å². The molecule has 2 aromatic carbocycles. The van der Waals surface area contributed by atoms with Gasteiger partial charge >= 0.3 is 5.97 Å². The number of anilines is 1. The Balaban J connectivity index is 2.03. The van der Waals surface area contributed by atoms with Crippen molar-refractivity contribution < 1.29 is 19.2 Å². The molecule has 0 bridgehead atoms. The number of rotatable bonds is 7. The third kappa shape index (κ3) is 4.95. The number of thiazole rings is 1. The number of aryl methyl sites for hydroxylation is 2. The maximum absolute atomic E-state index is 13.5. The highest BCUT2D eigenvalue weighted by molar-refractivity contribution is 7.17. The van der Waals surface area contributed by atoms with Crippen molar-refractivity contribution in [3.05, 3.63) is 85.9 Å². The molecule has 0 aliphatic rings. The average molecular weight is 439 g/mol. The topological polar surface area (TPSA) is 103 Å². The number of aromatic nitrogens is 1. The molecule has 3 rings (SSSR count). The van der Waals surface area contributed by atoms with Crippen molar-refractivity contribution in [3.8, 4) is 0 Å². The largest absolute Gasteiger partial charge is 0.462 e. The van der Waals surface area contributed by atoms with E-state index in [0.29, 0.717) is 26.8 Å². The maximum atomic E-state index is 13.5. The Bertz CT molecular complexity index is 1130. The van der Waals surface area contributed by atoms with Crippen molar-refractivity contribution in [2.75, 3.05) is 11.5 Å². The summed E-state index contributed by atoms with van der Waals surface area (Å²) >= 11 is 1.08. The fourth-order valence-electron chi connectivity index (χ4n) is 3.02. The van der Waals surface area contributed by atoms with Crippen molar-refractivity contribution in [3.63, 3.8) is 0 Å². The summed E-state index contributed by atoms with van der Waals surface area (Å²) in [6.45, 7) is 5.52. The Morgan fingerprint density at radius 3 is 2.48 bits per heavy atom. The van der Waals surface area contributed by atoms with E-state index in [2.05, 4.69) is 4.98 Å². The number of hydrogen-bond donors (Lipinski definition) is 0. The smallest absolute Gasteiger partial charge is 0.350 e. The van der Waals surface area contributed by atoms with Crippen molar-refractivity contribution in [2.45, 2.75) is 27.3 Å². The second-order valence-corrected chi connectivity index (χ2v) is 7.74. The van der Waals surface area contributed by atoms with Gasteiger partial charge in [0.1, 0.15) is 4.88 Å². The minimum absolute atomic E-state index is 0.0849. The first-order chi connectivity index (χ1) is 14.8. The van der Waals surface area contributed by atoms with Crippen LogP contribution in [0, 0.1) is 24.0 Å². The van der Waals surface area contributed by atoms with Crippen molar-refractivity contribution >= 4 is 34.0 Å². The molecule has 0 saturated heterocycles. The Morgan fingerprint density at radius 1 is 1.16 bits per heavy atom. The van der Waals surface area contributed by atoms with Crippen LogP contribution in [-0.2, 0) is 11.3 Å². The van der Waals surface area contributed by atoms with Gasteiger partial charge in [-0.2, -0.15) is 0 Å².